The van der Waals surface area contributed by atoms with Crippen LogP contribution in [0.25, 0.3) is 39.0 Å². The summed E-state index contributed by atoms with van der Waals surface area (Å²) in [5.41, 5.74) is 5.83. The van der Waals surface area contributed by atoms with Gasteiger partial charge in [0.1, 0.15) is 5.65 Å². The van der Waals surface area contributed by atoms with Crippen LogP contribution in [0.3, 0.4) is 0 Å². The molecule has 4 heterocycles. The molecular formula is C38H41ClFN7O. The number of aromatic nitrogens is 5. The predicted octanol–water partition coefficient (Wildman–Crippen LogP) is 8.71. The van der Waals surface area contributed by atoms with Crippen LogP contribution < -0.4 is 16.3 Å². The van der Waals surface area contributed by atoms with E-state index in [-0.39, 0.29) is 11.1 Å². The number of hydrogen-bond acceptors (Lipinski definition) is 5. The molecule has 0 unspecified atom stereocenters. The molecule has 6 aromatic rings. The Labute approximate surface area is 284 Å². The van der Waals surface area contributed by atoms with E-state index in [0.29, 0.717) is 34.3 Å². The van der Waals surface area contributed by atoms with Gasteiger partial charge in [-0.3, -0.25) is 4.57 Å². The standard InChI is InChI=1S/C38H41ClFN7O/c1-23(2)7-5-8-24-19-29(35(40)30(39)20-24)34-21-26-22-47(38(48)46-36(26)43-34)28-15-13-25(14-16-28)31-12-6-9-27(42-31)17-18-41-37-44-32-10-3-4-11-33(32)45-37/h3-4,10-11,13-16,19-23,27,31,42H,5-9,12,17-18H2,1-2H3,(H2,41,44,45)(H,43,46,48)/t27-,31-/m0/s1. The lowest BCUT2D eigenvalue weighted by Crippen LogP contribution is -2.38. The van der Waals surface area contributed by atoms with Gasteiger partial charge in [-0.1, -0.05) is 62.6 Å². The summed E-state index contributed by atoms with van der Waals surface area (Å²) in [6.07, 6.45) is 9.01. The van der Waals surface area contributed by atoms with Crippen molar-refractivity contribution in [2.45, 2.75) is 70.9 Å². The number of hydrogen-bond donors (Lipinski definition) is 4. The van der Waals surface area contributed by atoms with E-state index in [9.17, 15) is 4.79 Å². The maximum Gasteiger partial charge on any atom is 0.354 e. The zero-order valence-corrected chi connectivity index (χ0v) is 28.1. The molecule has 1 aliphatic rings. The van der Waals surface area contributed by atoms with Gasteiger partial charge in [0.05, 0.1) is 27.4 Å². The van der Waals surface area contributed by atoms with Crippen molar-refractivity contribution in [2.24, 2.45) is 5.92 Å². The predicted molar refractivity (Wildman–Crippen MR) is 193 cm³/mol. The first-order valence-corrected chi connectivity index (χ1v) is 17.3. The Morgan fingerprint density at radius 1 is 1.04 bits per heavy atom. The fourth-order valence-corrected chi connectivity index (χ4v) is 7.05. The molecular weight excluding hydrogens is 625 g/mol. The minimum Gasteiger partial charge on any atom is -0.356 e. The lowest BCUT2D eigenvalue weighted by molar-refractivity contribution is 0.316. The summed E-state index contributed by atoms with van der Waals surface area (Å²) in [6.45, 7) is 5.21. The topological polar surface area (TPSA) is 103 Å². The van der Waals surface area contributed by atoms with Crippen molar-refractivity contribution in [3.8, 4) is 16.9 Å². The highest BCUT2D eigenvalue weighted by Crippen LogP contribution is 2.32. The van der Waals surface area contributed by atoms with Gasteiger partial charge < -0.3 is 20.6 Å². The number of anilines is 1. The van der Waals surface area contributed by atoms with Gasteiger partial charge in [0, 0.05) is 35.8 Å². The van der Waals surface area contributed by atoms with Gasteiger partial charge in [-0.2, -0.15) is 4.98 Å². The first-order chi connectivity index (χ1) is 23.3. The van der Waals surface area contributed by atoms with E-state index in [0.717, 1.165) is 79.7 Å². The summed E-state index contributed by atoms with van der Waals surface area (Å²) < 4.78 is 16.7. The summed E-state index contributed by atoms with van der Waals surface area (Å²) in [5, 5.41) is 8.07. The molecule has 248 valence electrons. The fourth-order valence-electron chi connectivity index (χ4n) is 6.80. The summed E-state index contributed by atoms with van der Waals surface area (Å²) >= 11 is 6.31. The number of fused-ring (bicyclic) bond motifs is 2. The number of nitrogens with zero attached hydrogens (tertiary/aromatic N) is 3. The second kappa shape index (κ2) is 13.9. The highest BCUT2D eigenvalue weighted by atomic mass is 35.5. The minimum atomic E-state index is -0.484. The third-order valence-corrected chi connectivity index (χ3v) is 9.64. The summed E-state index contributed by atoms with van der Waals surface area (Å²) in [4.78, 5) is 28.5. The highest BCUT2D eigenvalue weighted by molar-refractivity contribution is 6.31. The third kappa shape index (κ3) is 7.03. The summed E-state index contributed by atoms with van der Waals surface area (Å²) in [6, 6.07) is 22.2. The van der Waals surface area contributed by atoms with Crippen molar-refractivity contribution >= 4 is 39.6 Å². The average Bonchev–Trinajstić information content (AvgIpc) is 3.69. The number of rotatable bonds is 11. The maximum absolute atomic E-state index is 15.2. The van der Waals surface area contributed by atoms with Crippen LogP contribution in [-0.4, -0.2) is 37.1 Å². The maximum atomic E-state index is 15.2. The van der Waals surface area contributed by atoms with E-state index in [1.54, 1.807) is 12.3 Å². The van der Waals surface area contributed by atoms with E-state index < -0.39 is 11.5 Å². The van der Waals surface area contributed by atoms with Crippen LogP contribution in [0.2, 0.25) is 5.02 Å². The van der Waals surface area contributed by atoms with Crippen molar-refractivity contribution in [2.75, 3.05) is 11.9 Å². The SMILES string of the molecule is CC(C)CCCc1cc(Cl)c(F)c(-c2cc3cn(-c4ccc([C@@H]5CCC[C@@H](CCNc6nc7ccccc7[nH]6)N5)cc4)c(=O)nc3[nH]2)c1. The molecule has 0 saturated carbocycles. The Balaban J connectivity index is 1.03. The van der Waals surface area contributed by atoms with Crippen molar-refractivity contribution in [1.29, 1.82) is 0 Å². The van der Waals surface area contributed by atoms with Crippen molar-refractivity contribution in [3.05, 3.63) is 105 Å². The lowest BCUT2D eigenvalue weighted by atomic mass is 9.92. The Kier molecular flexibility index (Phi) is 9.32. The van der Waals surface area contributed by atoms with Crippen LogP contribution in [0.4, 0.5) is 10.3 Å². The molecule has 4 N–H and O–H groups in total. The van der Waals surface area contributed by atoms with Crippen molar-refractivity contribution < 1.29 is 4.39 Å². The lowest BCUT2D eigenvalue weighted by Gasteiger charge is -2.31. The first kappa shape index (κ1) is 32.1. The van der Waals surface area contributed by atoms with E-state index >= 15 is 4.39 Å². The van der Waals surface area contributed by atoms with Gasteiger partial charge in [0.15, 0.2) is 5.82 Å². The van der Waals surface area contributed by atoms with Crippen molar-refractivity contribution in [3.63, 3.8) is 0 Å². The van der Waals surface area contributed by atoms with Gasteiger partial charge in [0.2, 0.25) is 5.95 Å². The Hall–Kier alpha value is -4.47. The zero-order valence-electron chi connectivity index (χ0n) is 27.3. The van der Waals surface area contributed by atoms with E-state index in [2.05, 4.69) is 56.5 Å². The van der Waals surface area contributed by atoms with E-state index in [4.69, 9.17) is 11.6 Å². The average molecular weight is 666 g/mol. The van der Waals surface area contributed by atoms with Crippen molar-refractivity contribution in [1.82, 2.24) is 29.8 Å². The molecule has 48 heavy (non-hydrogen) atoms. The van der Waals surface area contributed by atoms with Crippen LogP contribution in [-0.2, 0) is 6.42 Å². The molecule has 1 fully saturated rings. The molecule has 8 nitrogen and oxygen atoms in total. The molecule has 1 aliphatic heterocycles. The largest absolute Gasteiger partial charge is 0.356 e. The van der Waals surface area contributed by atoms with Gasteiger partial charge >= 0.3 is 5.69 Å². The van der Waals surface area contributed by atoms with Gasteiger partial charge in [-0.05, 0) is 91.6 Å². The van der Waals surface area contributed by atoms with Crippen LogP contribution in [0.15, 0.2) is 77.7 Å². The summed E-state index contributed by atoms with van der Waals surface area (Å²) in [5.74, 6) is 0.924. The monoisotopic (exact) mass is 665 g/mol. The molecule has 1 saturated heterocycles. The van der Waals surface area contributed by atoms with Gasteiger partial charge in [-0.15, -0.1) is 0 Å². The third-order valence-electron chi connectivity index (χ3n) is 9.36. The Bertz CT molecular complexity index is 2070. The van der Waals surface area contributed by atoms with Gasteiger partial charge in [0.25, 0.3) is 0 Å². The Morgan fingerprint density at radius 3 is 2.69 bits per heavy atom. The number of aryl methyl sites for hydroxylation is 1. The van der Waals surface area contributed by atoms with Gasteiger partial charge in [-0.25, -0.2) is 14.2 Å². The van der Waals surface area contributed by atoms with Crippen LogP contribution in [0.5, 0.6) is 0 Å². The number of piperidine rings is 1. The normalized spacial score (nSPS) is 16.7. The first-order valence-electron chi connectivity index (χ1n) is 17.0. The number of benzene rings is 3. The quantitative estimate of drug-likeness (QED) is 0.111. The molecule has 3 aromatic carbocycles. The number of H-pyrrole nitrogens is 2. The second-order valence-corrected chi connectivity index (χ2v) is 13.8. The smallest absolute Gasteiger partial charge is 0.354 e. The number of imidazole rings is 1. The molecule has 0 radical (unpaired) electrons. The zero-order chi connectivity index (χ0) is 33.2. The molecule has 10 heteroatoms. The van der Waals surface area contributed by atoms with Crippen LogP contribution in [0.1, 0.15) is 69.5 Å². The fraction of sp³-hybridized carbons (Fsp3) is 0.342. The summed E-state index contributed by atoms with van der Waals surface area (Å²) in [7, 11) is 0. The number of halogens is 2. The molecule has 0 amide bonds. The van der Waals surface area contributed by atoms with Crippen LogP contribution in [0, 0.1) is 11.7 Å². The second-order valence-electron chi connectivity index (χ2n) is 13.4. The van der Waals surface area contributed by atoms with E-state index in [1.165, 1.54) is 10.1 Å². The Morgan fingerprint density at radius 2 is 1.88 bits per heavy atom. The molecule has 0 spiro atoms. The number of para-hydroxylation sites is 2. The minimum absolute atomic E-state index is 0.0939. The van der Waals surface area contributed by atoms with Crippen LogP contribution >= 0.6 is 11.6 Å². The number of aromatic amines is 2. The molecule has 3 aromatic heterocycles. The molecule has 2 atom stereocenters. The number of nitrogens with one attached hydrogen (secondary N) is 4. The highest BCUT2D eigenvalue weighted by Gasteiger charge is 2.22. The molecule has 0 aliphatic carbocycles. The molecule has 7 rings (SSSR count). The molecule has 0 bridgehead atoms. The van der Waals surface area contributed by atoms with E-state index in [1.807, 2.05) is 48.5 Å².